The second-order valence-corrected chi connectivity index (χ2v) is 4.90. The van der Waals surface area contributed by atoms with Crippen LogP contribution in [0.3, 0.4) is 0 Å². The number of hydrogen-bond donors (Lipinski definition) is 2. The number of amides is 1. The van der Waals surface area contributed by atoms with Crippen molar-refractivity contribution in [3.63, 3.8) is 0 Å². The molecule has 1 aliphatic rings. The first-order chi connectivity index (χ1) is 8.08. The highest BCUT2D eigenvalue weighted by atomic mass is 32.1. The largest absolute Gasteiger partial charge is 0.456 e. The van der Waals surface area contributed by atoms with Crippen LogP contribution in [0.5, 0.6) is 0 Å². The maximum atomic E-state index is 11.9. The molecule has 0 bridgehead atoms. The van der Waals surface area contributed by atoms with Gasteiger partial charge in [0.2, 0.25) is 0 Å². The third-order valence-corrected chi connectivity index (χ3v) is 3.46. The van der Waals surface area contributed by atoms with E-state index in [1.54, 1.807) is 12.1 Å². The lowest BCUT2D eigenvalue weighted by atomic mass is 10.0. The van der Waals surface area contributed by atoms with Crippen LogP contribution < -0.4 is 11.1 Å². The van der Waals surface area contributed by atoms with Crippen molar-refractivity contribution in [1.82, 2.24) is 5.32 Å². The van der Waals surface area contributed by atoms with Crippen LogP contribution in [-0.4, -0.2) is 16.9 Å². The summed E-state index contributed by atoms with van der Waals surface area (Å²) in [5.74, 6) is 1.000. The Hall–Kier alpha value is -1.36. The van der Waals surface area contributed by atoms with Crippen LogP contribution in [0, 0.1) is 12.8 Å². The Morgan fingerprint density at radius 2 is 2.29 bits per heavy atom. The average Bonchev–Trinajstić information content (AvgIpc) is 2.86. The van der Waals surface area contributed by atoms with E-state index in [0.717, 1.165) is 25.0 Å². The molecular weight excluding hydrogens is 236 g/mol. The standard InChI is InChI=1S/C12H16N2O2S/c1-7-5-6-10(16-7)12(15)14-9-4-2-3-8(9)11(13)17/h5-6,8-9H,2-4H2,1H3,(H2,13,17)(H,14,15). The normalized spacial score (nSPS) is 23.6. The van der Waals surface area contributed by atoms with E-state index in [-0.39, 0.29) is 17.9 Å². The van der Waals surface area contributed by atoms with Gasteiger partial charge in [0.05, 0.1) is 4.99 Å². The van der Waals surface area contributed by atoms with Crippen molar-refractivity contribution in [2.75, 3.05) is 0 Å². The summed E-state index contributed by atoms with van der Waals surface area (Å²) in [6.45, 7) is 1.81. The molecule has 2 rings (SSSR count). The number of nitrogens with two attached hydrogens (primary N) is 1. The molecule has 0 spiro atoms. The zero-order valence-corrected chi connectivity index (χ0v) is 10.5. The molecule has 1 aromatic heterocycles. The molecule has 4 nitrogen and oxygen atoms in total. The number of carbonyl (C=O) groups is 1. The van der Waals surface area contributed by atoms with Gasteiger partial charge in [-0.05, 0) is 31.9 Å². The highest BCUT2D eigenvalue weighted by molar-refractivity contribution is 7.80. The van der Waals surface area contributed by atoms with Gasteiger partial charge in [0.15, 0.2) is 5.76 Å². The average molecular weight is 252 g/mol. The van der Waals surface area contributed by atoms with Gasteiger partial charge in [-0.2, -0.15) is 0 Å². The first-order valence-electron chi connectivity index (χ1n) is 5.74. The first-order valence-corrected chi connectivity index (χ1v) is 6.15. The summed E-state index contributed by atoms with van der Waals surface area (Å²) in [5.41, 5.74) is 5.66. The molecule has 1 amide bonds. The van der Waals surface area contributed by atoms with Crippen molar-refractivity contribution in [3.8, 4) is 0 Å². The molecule has 17 heavy (non-hydrogen) atoms. The van der Waals surface area contributed by atoms with Crippen LogP contribution >= 0.6 is 12.2 Å². The number of nitrogens with one attached hydrogen (secondary N) is 1. The van der Waals surface area contributed by atoms with Gasteiger partial charge in [-0.15, -0.1) is 0 Å². The van der Waals surface area contributed by atoms with Gasteiger partial charge in [-0.1, -0.05) is 18.6 Å². The lowest BCUT2D eigenvalue weighted by Gasteiger charge is -2.19. The third kappa shape index (κ3) is 2.66. The van der Waals surface area contributed by atoms with Crippen LogP contribution in [0.2, 0.25) is 0 Å². The minimum absolute atomic E-state index is 0.0467. The molecule has 0 radical (unpaired) electrons. The number of hydrogen-bond acceptors (Lipinski definition) is 3. The van der Waals surface area contributed by atoms with Crippen molar-refractivity contribution in [2.45, 2.75) is 32.2 Å². The van der Waals surface area contributed by atoms with Crippen LogP contribution in [0.4, 0.5) is 0 Å². The first kappa shape index (κ1) is 12.1. The van der Waals surface area contributed by atoms with Gasteiger partial charge in [-0.25, -0.2) is 0 Å². The predicted molar refractivity (Wildman–Crippen MR) is 68.8 cm³/mol. The number of aryl methyl sites for hydroxylation is 1. The van der Waals surface area contributed by atoms with E-state index in [1.807, 2.05) is 6.92 Å². The Labute approximate surface area is 106 Å². The van der Waals surface area contributed by atoms with Crippen molar-refractivity contribution in [3.05, 3.63) is 23.7 Å². The summed E-state index contributed by atoms with van der Waals surface area (Å²) in [6.07, 6.45) is 2.93. The van der Waals surface area contributed by atoms with Gasteiger partial charge in [-0.3, -0.25) is 4.79 Å². The van der Waals surface area contributed by atoms with E-state index in [2.05, 4.69) is 5.32 Å². The summed E-state index contributed by atoms with van der Waals surface area (Å²) in [6, 6.07) is 3.50. The van der Waals surface area contributed by atoms with E-state index >= 15 is 0 Å². The second kappa shape index (κ2) is 4.87. The minimum Gasteiger partial charge on any atom is -0.456 e. The van der Waals surface area contributed by atoms with Crippen LogP contribution in [0.15, 0.2) is 16.5 Å². The molecule has 1 fully saturated rings. The Morgan fingerprint density at radius 3 is 2.88 bits per heavy atom. The molecule has 0 aliphatic heterocycles. The molecule has 3 N–H and O–H groups in total. The van der Waals surface area contributed by atoms with Gasteiger partial charge in [0.1, 0.15) is 5.76 Å². The summed E-state index contributed by atoms with van der Waals surface area (Å²) in [5, 5.41) is 2.94. The monoisotopic (exact) mass is 252 g/mol. The smallest absolute Gasteiger partial charge is 0.287 e. The number of furan rings is 1. The predicted octanol–water partition coefficient (Wildman–Crippen LogP) is 1.77. The van der Waals surface area contributed by atoms with Gasteiger partial charge in [0, 0.05) is 12.0 Å². The van der Waals surface area contributed by atoms with E-state index in [4.69, 9.17) is 22.4 Å². The maximum absolute atomic E-state index is 11.9. The van der Waals surface area contributed by atoms with E-state index < -0.39 is 0 Å². The third-order valence-electron chi connectivity index (χ3n) is 3.16. The Morgan fingerprint density at radius 1 is 1.53 bits per heavy atom. The Bertz CT molecular complexity index is 441. The molecule has 0 saturated heterocycles. The highest BCUT2D eigenvalue weighted by Crippen LogP contribution is 2.26. The molecular formula is C12H16N2O2S. The molecule has 2 unspecified atom stereocenters. The summed E-state index contributed by atoms with van der Waals surface area (Å²) < 4.78 is 5.28. The van der Waals surface area contributed by atoms with Crippen LogP contribution in [-0.2, 0) is 0 Å². The van der Waals surface area contributed by atoms with Gasteiger partial charge >= 0.3 is 0 Å². The van der Waals surface area contributed by atoms with Crippen molar-refractivity contribution >= 4 is 23.1 Å². The minimum atomic E-state index is -0.189. The molecule has 2 atom stereocenters. The topological polar surface area (TPSA) is 68.3 Å². The fourth-order valence-electron chi connectivity index (χ4n) is 2.27. The highest BCUT2D eigenvalue weighted by Gasteiger charge is 2.31. The SMILES string of the molecule is Cc1ccc(C(=O)NC2CCCC2C(N)=S)o1. The van der Waals surface area contributed by atoms with Crippen molar-refractivity contribution in [2.24, 2.45) is 11.7 Å². The lowest BCUT2D eigenvalue weighted by molar-refractivity contribution is 0.0904. The second-order valence-electron chi connectivity index (χ2n) is 4.43. The van der Waals surface area contributed by atoms with Crippen LogP contribution in [0.1, 0.15) is 35.6 Å². The maximum Gasteiger partial charge on any atom is 0.287 e. The van der Waals surface area contributed by atoms with E-state index in [1.165, 1.54) is 0 Å². The fraction of sp³-hybridized carbons (Fsp3) is 0.500. The lowest BCUT2D eigenvalue weighted by Crippen LogP contribution is -2.41. The zero-order valence-electron chi connectivity index (χ0n) is 9.73. The summed E-state index contributed by atoms with van der Waals surface area (Å²) in [7, 11) is 0. The Balaban J connectivity index is 2.01. The van der Waals surface area contributed by atoms with Crippen molar-refractivity contribution in [1.29, 1.82) is 0 Å². The molecule has 0 aromatic carbocycles. The summed E-state index contributed by atoms with van der Waals surface area (Å²) in [4.78, 5) is 12.4. The molecule has 1 saturated carbocycles. The van der Waals surface area contributed by atoms with Gasteiger partial charge < -0.3 is 15.5 Å². The van der Waals surface area contributed by atoms with Gasteiger partial charge in [0.25, 0.3) is 5.91 Å². The molecule has 1 aromatic rings. The van der Waals surface area contributed by atoms with E-state index in [9.17, 15) is 4.79 Å². The van der Waals surface area contributed by atoms with Crippen molar-refractivity contribution < 1.29 is 9.21 Å². The quantitative estimate of drug-likeness (QED) is 0.804. The zero-order chi connectivity index (χ0) is 12.4. The Kier molecular flexibility index (Phi) is 3.47. The number of rotatable bonds is 3. The number of thiocarbonyl (C=S) groups is 1. The molecule has 5 heteroatoms. The molecule has 1 aliphatic carbocycles. The molecule has 92 valence electrons. The number of carbonyl (C=O) groups excluding carboxylic acids is 1. The summed E-state index contributed by atoms with van der Waals surface area (Å²) >= 11 is 5.01. The van der Waals surface area contributed by atoms with Crippen LogP contribution in [0.25, 0.3) is 0 Å². The fourth-order valence-corrected chi connectivity index (χ4v) is 2.55. The molecule has 1 heterocycles. The van der Waals surface area contributed by atoms with E-state index in [0.29, 0.717) is 10.7 Å².